The zero-order valence-electron chi connectivity index (χ0n) is 18.0. The third-order valence-electron chi connectivity index (χ3n) is 5.41. The van der Waals surface area contributed by atoms with Gasteiger partial charge in [-0.2, -0.15) is 0 Å². The summed E-state index contributed by atoms with van der Waals surface area (Å²) in [6.07, 6.45) is 1.19. The summed E-state index contributed by atoms with van der Waals surface area (Å²) in [4.78, 5) is 12.2. The molecule has 0 fully saturated rings. The first kappa shape index (κ1) is 21.4. The number of anilines is 1. The molecule has 0 aliphatic carbocycles. The van der Waals surface area contributed by atoms with Crippen LogP contribution >= 0.6 is 0 Å². The average molecular weight is 403 g/mol. The molecular formula is C26H30N2O2. The van der Waals surface area contributed by atoms with Gasteiger partial charge in [0.15, 0.2) is 0 Å². The fourth-order valence-electron chi connectivity index (χ4n) is 3.33. The van der Waals surface area contributed by atoms with Crippen LogP contribution in [0.2, 0.25) is 0 Å². The maximum absolute atomic E-state index is 12.2. The number of benzene rings is 3. The minimum absolute atomic E-state index is 0.0413. The largest absolute Gasteiger partial charge is 0.497 e. The fourth-order valence-corrected chi connectivity index (χ4v) is 3.33. The topological polar surface area (TPSA) is 50.4 Å². The SMILES string of the molecule is COc1ccc(CCNC(=O)Cc2ccc(NCc3cccc(C)c3C)cc2)cc1. The van der Waals surface area contributed by atoms with Crippen molar-refractivity contribution in [2.45, 2.75) is 33.2 Å². The standard InChI is InChI=1S/C26H30N2O2/c1-19-5-4-6-23(20(19)2)18-28-24-11-7-22(8-12-24)17-26(29)27-16-15-21-9-13-25(30-3)14-10-21/h4-14,28H,15-18H2,1-3H3,(H,27,29). The van der Waals surface area contributed by atoms with Gasteiger partial charge in [-0.15, -0.1) is 0 Å². The Morgan fingerprint density at radius 3 is 2.30 bits per heavy atom. The Labute approximate surface area is 179 Å². The van der Waals surface area contributed by atoms with Crippen molar-refractivity contribution in [3.8, 4) is 5.75 Å². The molecule has 4 heteroatoms. The van der Waals surface area contributed by atoms with E-state index in [1.165, 1.54) is 22.3 Å². The van der Waals surface area contributed by atoms with Gasteiger partial charge in [0.25, 0.3) is 0 Å². The van der Waals surface area contributed by atoms with E-state index in [0.717, 1.165) is 30.0 Å². The molecule has 0 spiro atoms. The van der Waals surface area contributed by atoms with Crippen molar-refractivity contribution < 1.29 is 9.53 Å². The lowest BCUT2D eigenvalue weighted by Gasteiger charge is -2.11. The van der Waals surface area contributed by atoms with Crippen LogP contribution in [-0.2, 0) is 24.2 Å². The minimum Gasteiger partial charge on any atom is -0.497 e. The lowest BCUT2D eigenvalue weighted by atomic mass is 10.0. The molecule has 0 atom stereocenters. The Bertz CT molecular complexity index is 963. The van der Waals surface area contributed by atoms with Gasteiger partial charge in [0.1, 0.15) is 5.75 Å². The number of hydrogen-bond acceptors (Lipinski definition) is 3. The van der Waals surface area contributed by atoms with Crippen LogP contribution in [0.25, 0.3) is 0 Å². The van der Waals surface area contributed by atoms with Crippen LogP contribution in [0.15, 0.2) is 66.7 Å². The van der Waals surface area contributed by atoms with E-state index in [4.69, 9.17) is 4.74 Å². The third kappa shape index (κ3) is 6.11. The van der Waals surface area contributed by atoms with Gasteiger partial charge in [-0.05, 0) is 72.4 Å². The van der Waals surface area contributed by atoms with Crippen molar-refractivity contribution in [1.29, 1.82) is 0 Å². The molecule has 30 heavy (non-hydrogen) atoms. The monoisotopic (exact) mass is 402 g/mol. The number of carbonyl (C=O) groups excluding carboxylic acids is 1. The van der Waals surface area contributed by atoms with Crippen molar-refractivity contribution in [3.05, 3.63) is 94.5 Å². The molecule has 0 unspecified atom stereocenters. The first-order valence-corrected chi connectivity index (χ1v) is 10.3. The second-order valence-electron chi connectivity index (χ2n) is 7.53. The van der Waals surface area contributed by atoms with Crippen LogP contribution in [0, 0.1) is 13.8 Å². The van der Waals surface area contributed by atoms with Crippen molar-refractivity contribution >= 4 is 11.6 Å². The molecule has 1 amide bonds. The molecule has 0 bridgehead atoms. The van der Waals surface area contributed by atoms with E-state index >= 15 is 0 Å². The number of hydrogen-bond donors (Lipinski definition) is 2. The highest BCUT2D eigenvalue weighted by molar-refractivity contribution is 5.78. The van der Waals surface area contributed by atoms with E-state index in [9.17, 15) is 4.79 Å². The summed E-state index contributed by atoms with van der Waals surface area (Å²) < 4.78 is 5.16. The second kappa shape index (κ2) is 10.5. The molecule has 0 saturated heterocycles. The molecule has 0 aromatic heterocycles. The van der Waals surface area contributed by atoms with Crippen LogP contribution in [0.5, 0.6) is 5.75 Å². The number of carbonyl (C=O) groups is 1. The van der Waals surface area contributed by atoms with E-state index in [1.807, 2.05) is 48.5 Å². The number of amides is 1. The van der Waals surface area contributed by atoms with E-state index in [1.54, 1.807) is 7.11 Å². The highest BCUT2D eigenvalue weighted by Gasteiger charge is 2.05. The van der Waals surface area contributed by atoms with Crippen LogP contribution < -0.4 is 15.4 Å². The fraction of sp³-hybridized carbons (Fsp3) is 0.269. The number of ether oxygens (including phenoxy) is 1. The van der Waals surface area contributed by atoms with Crippen LogP contribution in [0.1, 0.15) is 27.8 Å². The summed E-state index contributed by atoms with van der Waals surface area (Å²) in [5.41, 5.74) is 7.18. The molecule has 3 rings (SSSR count). The highest BCUT2D eigenvalue weighted by Crippen LogP contribution is 2.16. The average Bonchev–Trinajstić information content (AvgIpc) is 2.76. The summed E-state index contributed by atoms with van der Waals surface area (Å²) in [5, 5.41) is 6.46. The smallest absolute Gasteiger partial charge is 0.224 e. The number of aryl methyl sites for hydroxylation is 1. The molecule has 0 heterocycles. The van der Waals surface area contributed by atoms with E-state index in [0.29, 0.717) is 13.0 Å². The van der Waals surface area contributed by atoms with Crippen molar-refractivity contribution in [2.75, 3.05) is 19.0 Å². The Hall–Kier alpha value is -3.27. The van der Waals surface area contributed by atoms with Crippen LogP contribution in [0.4, 0.5) is 5.69 Å². The van der Waals surface area contributed by atoms with Gasteiger partial charge in [0, 0.05) is 18.8 Å². The van der Waals surface area contributed by atoms with E-state index < -0.39 is 0 Å². The molecule has 3 aromatic carbocycles. The highest BCUT2D eigenvalue weighted by atomic mass is 16.5. The normalized spacial score (nSPS) is 10.5. The molecule has 2 N–H and O–H groups in total. The third-order valence-corrected chi connectivity index (χ3v) is 5.41. The Morgan fingerprint density at radius 2 is 1.60 bits per heavy atom. The molecule has 0 aliphatic heterocycles. The predicted molar refractivity (Wildman–Crippen MR) is 123 cm³/mol. The van der Waals surface area contributed by atoms with Gasteiger partial charge in [-0.1, -0.05) is 42.5 Å². The van der Waals surface area contributed by atoms with E-state index in [2.05, 4.69) is 42.7 Å². The van der Waals surface area contributed by atoms with Crippen LogP contribution in [0.3, 0.4) is 0 Å². The molecule has 3 aromatic rings. The van der Waals surface area contributed by atoms with Gasteiger partial charge >= 0.3 is 0 Å². The molecule has 4 nitrogen and oxygen atoms in total. The first-order valence-electron chi connectivity index (χ1n) is 10.3. The van der Waals surface area contributed by atoms with Gasteiger partial charge in [0.05, 0.1) is 13.5 Å². The number of methoxy groups -OCH3 is 1. The summed E-state index contributed by atoms with van der Waals surface area (Å²) in [6.45, 7) is 5.71. The maximum atomic E-state index is 12.2. The quantitative estimate of drug-likeness (QED) is 0.539. The number of nitrogens with one attached hydrogen (secondary N) is 2. The first-order chi connectivity index (χ1) is 14.5. The molecule has 156 valence electrons. The molecule has 0 radical (unpaired) electrons. The number of rotatable bonds is 9. The van der Waals surface area contributed by atoms with Crippen LogP contribution in [-0.4, -0.2) is 19.6 Å². The molecule has 0 saturated carbocycles. The summed E-state index contributed by atoms with van der Waals surface area (Å²) in [7, 11) is 1.66. The predicted octanol–water partition coefficient (Wildman–Crippen LogP) is 4.83. The van der Waals surface area contributed by atoms with Crippen molar-refractivity contribution in [1.82, 2.24) is 5.32 Å². The Kier molecular flexibility index (Phi) is 7.50. The van der Waals surface area contributed by atoms with E-state index in [-0.39, 0.29) is 5.91 Å². The Morgan fingerprint density at radius 1 is 0.900 bits per heavy atom. The van der Waals surface area contributed by atoms with Gasteiger partial charge < -0.3 is 15.4 Å². The molecular weight excluding hydrogens is 372 g/mol. The van der Waals surface area contributed by atoms with Gasteiger partial charge in [-0.25, -0.2) is 0 Å². The zero-order chi connectivity index (χ0) is 21.3. The van der Waals surface area contributed by atoms with Crippen molar-refractivity contribution in [3.63, 3.8) is 0 Å². The Balaban J connectivity index is 1.43. The summed E-state index contributed by atoms with van der Waals surface area (Å²) in [6, 6.07) is 22.4. The lowest BCUT2D eigenvalue weighted by Crippen LogP contribution is -2.27. The summed E-state index contributed by atoms with van der Waals surface area (Å²) >= 11 is 0. The van der Waals surface area contributed by atoms with Crippen molar-refractivity contribution in [2.24, 2.45) is 0 Å². The van der Waals surface area contributed by atoms with Gasteiger partial charge in [0.2, 0.25) is 5.91 Å². The zero-order valence-corrected chi connectivity index (χ0v) is 18.0. The molecule has 0 aliphatic rings. The summed E-state index contributed by atoms with van der Waals surface area (Å²) in [5.74, 6) is 0.884. The second-order valence-corrected chi connectivity index (χ2v) is 7.53. The maximum Gasteiger partial charge on any atom is 0.224 e. The lowest BCUT2D eigenvalue weighted by molar-refractivity contribution is -0.120. The van der Waals surface area contributed by atoms with Gasteiger partial charge in [-0.3, -0.25) is 4.79 Å². The minimum atomic E-state index is 0.0413.